The first kappa shape index (κ1) is 11.7. The maximum absolute atomic E-state index is 12.7. The molecule has 0 saturated carbocycles. The fourth-order valence-electron chi connectivity index (χ4n) is 1.69. The summed E-state index contributed by atoms with van der Waals surface area (Å²) in [6, 6.07) is 5.58. The van der Waals surface area contributed by atoms with Crippen LogP contribution in [0.4, 0.5) is 13.2 Å². The Morgan fingerprint density at radius 3 is 2.53 bits per heavy atom. The molecule has 0 amide bonds. The van der Waals surface area contributed by atoms with E-state index in [4.69, 9.17) is 0 Å². The summed E-state index contributed by atoms with van der Waals surface area (Å²) in [6.07, 6.45) is -1.07. The standard InChI is InChI=1S/C12H11F3N2/c1-9-6-17(8-16-9)7-10-4-2-3-5-11(10)12(13,14)15/h2-6,8H,7H2,1H3. The first-order chi connectivity index (χ1) is 7.97. The molecule has 0 aliphatic rings. The van der Waals surface area contributed by atoms with Gasteiger partial charge in [0.05, 0.1) is 17.6 Å². The molecule has 17 heavy (non-hydrogen) atoms. The van der Waals surface area contributed by atoms with Crippen LogP contribution in [0, 0.1) is 6.92 Å². The Morgan fingerprint density at radius 1 is 1.24 bits per heavy atom. The van der Waals surface area contributed by atoms with E-state index < -0.39 is 11.7 Å². The van der Waals surface area contributed by atoms with Gasteiger partial charge in [-0.25, -0.2) is 4.98 Å². The van der Waals surface area contributed by atoms with Crippen molar-refractivity contribution in [3.8, 4) is 0 Å². The molecule has 0 fully saturated rings. The maximum atomic E-state index is 12.7. The van der Waals surface area contributed by atoms with Gasteiger partial charge in [0, 0.05) is 12.7 Å². The van der Waals surface area contributed by atoms with Crippen molar-refractivity contribution < 1.29 is 13.2 Å². The van der Waals surface area contributed by atoms with Crippen molar-refractivity contribution in [1.29, 1.82) is 0 Å². The van der Waals surface area contributed by atoms with Crippen LogP contribution in [0.3, 0.4) is 0 Å². The highest BCUT2D eigenvalue weighted by atomic mass is 19.4. The molecule has 1 heterocycles. The third-order valence-corrected chi connectivity index (χ3v) is 2.44. The van der Waals surface area contributed by atoms with Gasteiger partial charge in [0.2, 0.25) is 0 Å². The minimum atomic E-state index is -4.31. The largest absolute Gasteiger partial charge is 0.416 e. The Bertz CT molecular complexity index is 514. The Hall–Kier alpha value is -1.78. The van der Waals surface area contributed by atoms with Crippen LogP contribution in [-0.2, 0) is 12.7 Å². The minimum absolute atomic E-state index is 0.177. The predicted molar refractivity (Wildman–Crippen MR) is 57.5 cm³/mol. The van der Waals surface area contributed by atoms with Crippen molar-refractivity contribution >= 4 is 0 Å². The van der Waals surface area contributed by atoms with E-state index in [9.17, 15) is 13.2 Å². The first-order valence-corrected chi connectivity index (χ1v) is 5.10. The molecule has 0 saturated heterocycles. The Labute approximate surface area is 96.7 Å². The summed E-state index contributed by atoms with van der Waals surface area (Å²) in [5.74, 6) is 0. The molecule has 1 aromatic carbocycles. The van der Waals surface area contributed by atoms with Gasteiger partial charge in [0.1, 0.15) is 0 Å². The zero-order valence-corrected chi connectivity index (χ0v) is 9.20. The molecule has 0 N–H and O–H groups in total. The Kier molecular flexibility index (Phi) is 2.92. The van der Waals surface area contributed by atoms with Crippen LogP contribution in [0.5, 0.6) is 0 Å². The van der Waals surface area contributed by atoms with Crippen molar-refractivity contribution in [3.63, 3.8) is 0 Å². The Balaban J connectivity index is 2.33. The van der Waals surface area contributed by atoms with Gasteiger partial charge < -0.3 is 4.57 Å². The van der Waals surface area contributed by atoms with Crippen molar-refractivity contribution in [2.75, 3.05) is 0 Å². The molecule has 2 nitrogen and oxygen atoms in total. The lowest BCUT2D eigenvalue weighted by Crippen LogP contribution is -2.11. The van der Waals surface area contributed by atoms with Crippen LogP contribution in [0.25, 0.3) is 0 Å². The third-order valence-electron chi connectivity index (χ3n) is 2.44. The van der Waals surface area contributed by atoms with Gasteiger partial charge >= 0.3 is 6.18 Å². The SMILES string of the molecule is Cc1cn(Cc2ccccc2C(F)(F)F)cn1. The molecule has 0 radical (unpaired) electrons. The zero-order chi connectivity index (χ0) is 12.5. The van der Waals surface area contributed by atoms with Gasteiger partial charge in [-0.3, -0.25) is 0 Å². The highest BCUT2D eigenvalue weighted by Crippen LogP contribution is 2.32. The molecule has 0 unspecified atom stereocenters. The smallest absolute Gasteiger partial charge is 0.333 e. The molecule has 0 bridgehead atoms. The van der Waals surface area contributed by atoms with Crippen molar-refractivity contribution in [2.24, 2.45) is 0 Å². The molecular formula is C12H11F3N2. The van der Waals surface area contributed by atoms with Crippen LogP contribution in [-0.4, -0.2) is 9.55 Å². The van der Waals surface area contributed by atoms with Gasteiger partial charge in [-0.15, -0.1) is 0 Å². The summed E-state index contributed by atoms with van der Waals surface area (Å²) in [6.45, 7) is 1.97. The second kappa shape index (κ2) is 4.24. The van der Waals surface area contributed by atoms with Crippen LogP contribution >= 0.6 is 0 Å². The first-order valence-electron chi connectivity index (χ1n) is 5.10. The average Bonchev–Trinajstić information content (AvgIpc) is 2.63. The summed E-state index contributed by atoms with van der Waals surface area (Å²) in [5.41, 5.74) is 0.443. The van der Waals surface area contributed by atoms with E-state index >= 15 is 0 Å². The number of nitrogens with zero attached hydrogens (tertiary/aromatic N) is 2. The van der Waals surface area contributed by atoms with Crippen molar-refractivity contribution in [1.82, 2.24) is 9.55 Å². The number of rotatable bonds is 2. The van der Waals surface area contributed by atoms with E-state index in [-0.39, 0.29) is 12.1 Å². The van der Waals surface area contributed by atoms with Gasteiger partial charge in [-0.2, -0.15) is 13.2 Å². The second-order valence-corrected chi connectivity index (χ2v) is 3.84. The molecule has 0 aliphatic heterocycles. The lowest BCUT2D eigenvalue weighted by Gasteiger charge is -2.12. The number of aromatic nitrogens is 2. The lowest BCUT2D eigenvalue weighted by atomic mass is 10.1. The van der Waals surface area contributed by atoms with Crippen LogP contribution in [0.1, 0.15) is 16.8 Å². The lowest BCUT2D eigenvalue weighted by molar-refractivity contribution is -0.138. The fraction of sp³-hybridized carbons (Fsp3) is 0.250. The zero-order valence-electron chi connectivity index (χ0n) is 9.20. The highest BCUT2D eigenvalue weighted by Gasteiger charge is 2.32. The number of hydrogen-bond donors (Lipinski definition) is 0. The minimum Gasteiger partial charge on any atom is -0.333 e. The monoisotopic (exact) mass is 240 g/mol. The topological polar surface area (TPSA) is 17.8 Å². The summed E-state index contributed by atoms with van der Waals surface area (Å²) in [4.78, 5) is 3.99. The van der Waals surface area contributed by atoms with E-state index in [2.05, 4.69) is 4.98 Å². The number of alkyl halides is 3. The van der Waals surface area contributed by atoms with Gasteiger partial charge in [0.15, 0.2) is 0 Å². The van der Waals surface area contributed by atoms with E-state index in [0.717, 1.165) is 11.8 Å². The number of hydrogen-bond acceptors (Lipinski definition) is 1. The molecule has 0 aliphatic carbocycles. The Morgan fingerprint density at radius 2 is 1.94 bits per heavy atom. The summed E-state index contributed by atoms with van der Waals surface area (Å²) < 4.78 is 39.8. The van der Waals surface area contributed by atoms with E-state index in [1.807, 2.05) is 0 Å². The quantitative estimate of drug-likeness (QED) is 0.787. The number of benzene rings is 1. The molecule has 0 spiro atoms. The van der Waals surface area contributed by atoms with Gasteiger partial charge in [-0.05, 0) is 18.6 Å². The average molecular weight is 240 g/mol. The number of aryl methyl sites for hydroxylation is 1. The van der Waals surface area contributed by atoms with Gasteiger partial charge in [-0.1, -0.05) is 18.2 Å². The van der Waals surface area contributed by atoms with Crippen LogP contribution in [0.15, 0.2) is 36.8 Å². The highest BCUT2D eigenvalue weighted by molar-refractivity contribution is 5.29. The molecule has 2 rings (SSSR count). The maximum Gasteiger partial charge on any atom is 0.416 e. The van der Waals surface area contributed by atoms with Crippen molar-refractivity contribution in [2.45, 2.75) is 19.6 Å². The van der Waals surface area contributed by atoms with Crippen LogP contribution < -0.4 is 0 Å². The van der Waals surface area contributed by atoms with Crippen molar-refractivity contribution in [3.05, 3.63) is 53.6 Å². The molecule has 5 heteroatoms. The fourth-order valence-corrected chi connectivity index (χ4v) is 1.69. The van der Waals surface area contributed by atoms with E-state index in [0.29, 0.717) is 0 Å². The molecular weight excluding hydrogens is 229 g/mol. The predicted octanol–water partition coefficient (Wildman–Crippen LogP) is 3.26. The number of halogens is 3. The molecule has 1 aromatic heterocycles. The van der Waals surface area contributed by atoms with E-state index in [1.54, 1.807) is 23.8 Å². The summed E-state index contributed by atoms with van der Waals surface area (Å²) in [7, 11) is 0. The van der Waals surface area contributed by atoms with Crippen LogP contribution in [0.2, 0.25) is 0 Å². The molecule has 2 aromatic rings. The second-order valence-electron chi connectivity index (χ2n) is 3.84. The number of imidazole rings is 1. The van der Waals surface area contributed by atoms with Gasteiger partial charge in [0.25, 0.3) is 0 Å². The molecule has 90 valence electrons. The summed E-state index contributed by atoms with van der Waals surface area (Å²) in [5, 5.41) is 0. The summed E-state index contributed by atoms with van der Waals surface area (Å²) >= 11 is 0. The molecule has 0 atom stereocenters. The van der Waals surface area contributed by atoms with E-state index in [1.165, 1.54) is 18.5 Å². The normalized spacial score (nSPS) is 11.8. The third kappa shape index (κ3) is 2.67.